The average molecular weight is 798 g/mol. The number of hydrogen-bond acceptors (Lipinski definition) is 5. The lowest BCUT2D eigenvalue weighted by atomic mass is 10.0. The SMILES string of the molecule is CCC/C=C\CCCCCCCC/C=C/[C@@H](O)[C@H](COP(=O)(O)OCC[N+](C)(C)C)NC(=O)CCCCCCC/C=C\CCCCCCCCCCCCC. The second-order valence-corrected chi connectivity index (χ2v) is 18.2. The Morgan fingerprint density at radius 3 is 1.47 bits per heavy atom. The van der Waals surface area contributed by atoms with Gasteiger partial charge in [0.25, 0.3) is 0 Å². The molecule has 3 atom stereocenters. The lowest BCUT2D eigenvalue weighted by molar-refractivity contribution is -0.870. The molecule has 0 bridgehead atoms. The number of nitrogens with zero attached hydrogens (tertiary/aromatic N) is 1. The van der Waals surface area contributed by atoms with Crippen LogP contribution in [0.25, 0.3) is 0 Å². The van der Waals surface area contributed by atoms with E-state index in [1.54, 1.807) is 6.08 Å². The smallest absolute Gasteiger partial charge is 0.387 e. The number of aliphatic hydroxyl groups excluding tert-OH is 1. The molecule has 1 amide bonds. The fourth-order valence-corrected chi connectivity index (χ4v) is 7.13. The minimum Gasteiger partial charge on any atom is -0.387 e. The Morgan fingerprint density at radius 1 is 0.600 bits per heavy atom. The van der Waals surface area contributed by atoms with Crippen LogP contribution < -0.4 is 5.32 Å². The summed E-state index contributed by atoms with van der Waals surface area (Å²) in [6.45, 7) is 4.75. The van der Waals surface area contributed by atoms with Gasteiger partial charge in [-0.05, 0) is 64.2 Å². The van der Waals surface area contributed by atoms with E-state index in [4.69, 9.17) is 9.05 Å². The van der Waals surface area contributed by atoms with Crippen LogP contribution in [0.15, 0.2) is 36.5 Å². The van der Waals surface area contributed by atoms with Crippen molar-refractivity contribution in [3.63, 3.8) is 0 Å². The average Bonchev–Trinajstić information content (AvgIpc) is 3.13. The largest absolute Gasteiger partial charge is 0.472 e. The first-order chi connectivity index (χ1) is 26.5. The molecule has 0 aliphatic heterocycles. The molecule has 0 radical (unpaired) electrons. The van der Waals surface area contributed by atoms with Gasteiger partial charge in [-0.25, -0.2) is 4.57 Å². The van der Waals surface area contributed by atoms with Gasteiger partial charge in [-0.1, -0.05) is 166 Å². The number of carbonyl (C=O) groups excluding carboxylic acids is 1. The van der Waals surface area contributed by atoms with Crippen molar-refractivity contribution < 1.29 is 32.9 Å². The highest BCUT2D eigenvalue weighted by Gasteiger charge is 2.27. The van der Waals surface area contributed by atoms with E-state index in [0.717, 1.165) is 51.4 Å². The van der Waals surface area contributed by atoms with Gasteiger partial charge in [0.1, 0.15) is 13.2 Å². The summed E-state index contributed by atoms with van der Waals surface area (Å²) < 4.78 is 23.5. The first-order valence-electron chi connectivity index (χ1n) is 22.9. The molecule has 0 aliphatic carbocycles. The molecule has 0 heterocycles. The summed E-state index contributed by atoms with van der Waals surface area (Å²) in [5.74, 6) is -0.189. The van der Waals surface area contributed by atoms with E-state index in [-0.39, 0.29) is 19.1 Å². The zero-order chi connectivity index (χ0) is 40.7. The quantitative estimate of drug-likeness (QED) is 0.0246. The first kappa shape index (κ1) is 53.7. The number of unbranched alkanes of at least 4 members (excludes halogenated alkanes) is 24. The van der Waals surface area contributed by atoms with E-state index >= 15 is 0 Å². The standard InChI is InChI=1S/C46H89N2O6P/c1-6-8-10-12-14-16-18-20-21-22-23-24-25-26-28-30-32-34-36-38-40-46(50)47-44(43-54-55(51,52)53-42-41-48(3,4)5)45(49)39-37-35-33-31-29-27-19-17-15-13-11-9-7-2/h11,13,25-26,37,39,44-45,49H,6-10,12,14-24,27-36,38,40-43H2,1-5H3,(H-,47,50,51,52)/p+1/b13-11-,26-25-,39-37+/t44-,45+/m0/s1. The maximum absolute atomic E-state index is 12.9. The van der Waals surface area contributed by atoms with Crippen LogP contribution in [0.4, 0.5) is 0 Å². The highest BCUT2D eigenvalue weighted by Crippen LogP contribution is 2.43. The van der Waals surface area contributed by atoms with E-state index in [2.05, 4.69) is 43.5 Å². The van der Waals surface area contributed by atoms with Crippen LogP contribution in [0.2, 0.25) is 0 Å². The molecule has 0 saturated carbocycles. The Bertz CT molecular complexity index is 995. The molecule has 0 fully saturated rings. The molecule has 8 nitrogen and oxygen atoms in total. The van der Waals surface area contributed by atoms with Crippen molar-refractivity contribution in [1.29, 1.82) is 0 Å². The van der Waals surface area contributed by atoms with Crippen LogP contribution in [0, 0.1) is 0 Å². The van der Waals surface area contributed by atoms with Crippen molar-refractivity contribution in [1.82, 2.24) is 5.32 Å². The summed E-state index contributed by atoms with van der Waals surface area (Å²) in [5.41, 5.74) is 0. The van der Waals surface area contributed by atoms with Gasteiger partial charge in [-0.3, -0.25) is 13.8 Å². The van der Waals surface area contributed by atoms with Crippen LogP contribution >= 0.6 is 7.82 Å². The fraction of sp³-hybridized carbons (Fsp3) is 0.848. The Morgan fingerprint density at radius 2 is 1.02 bits per heavy atom. The molecule has 0 saturated heterocycles. The molecular formula is C46H90N2O6P+. The summed E-state index contributed by atoms with van der Waals surface area (Å²) >= 11 is 0. The number of hydrogen-bond donors (Lipinski definition) is 3. The minimum atomic E-state index is -4.34. The van der Waals surface area contributed by atoms with Crippen molar-refractivity contribution in [3.05, 3.63) is 36.5 Å². The van der Waals surface area contributed by atoms with Gasteiger partial charge in [0.05, 0.1) is 39.9 Å². The molecule has 9 heteroatoms. The highest BCUT2D eigenvalue weighted by atomic mass is 31.2. The van der Waals surface area contributed by atoms with E-state index < -0.39 is 20.0 Å². The van der Waals surface area contributed by atoms with Crippen molar-refractivity contribution >= 4 is 13.7 Å². The first-order valence-corrected chi connectivity index (χ1v) is 24.4. The topological polar surface area (TPSA) is 105 Å². The second kappa shape index (κ2) is 38.2. The van der Waals surface area contributed by atoms with E-state index in [0.29, 0.717) is 17.4 Å². The number of carbonyl (C=O) groups is 1. The van der Waals surface area contributed by atoms with Crippen LogP contribution in [-0.2, 0) is 18.4 Å². The van der Waals surface area contributed by atoms with E-state index in [1.807, 2.05) is 27.2 Å². The number of phosphoric acid groups is 1. The summed E-state index contributed by atoms with van der Waals surface area (Å²) in [7, 11) is 1.56. The van der Waals surface area contributed by atoms with E-state index in [9.17, 15) is 19.4 Å². The number of nitrogens with one attached hydrogen (secondary N) is 1. The zero-order valence-corrected chi connectivity index (χ0v) is 37.6. The third kappa shape index (κ3) is 40.7. The van der Waals surface area contributed by atoms with Crippen molar-refractivity contribution in [3.8, 4) is 0 Å². The van der Waals surface area contributed by atoms with Gasteiger partial charge in [0.15, 0.2) is 0 Å². The Balaban J connectivity index is 4.37. The highest BCUT2D eigenvalue weighted by molar-refractivity contribution is 7.47. The molecule has 1 unspecified atom stereocenters. The minimum absolute atomic E-state index is 0.0580. The third-order valence-corrected chi connectivity index (χ3v) is 11.0. The number of likely N-dealkylation sites (N-methyl/N-ethyl adjacent to an activating group) is 1. The van der Waals surface area contributed by atoms with E-state index in [1.165, 1.54) is 128 Å². The normalized spacial score (nSPS) is 14.7. The van der Waals surface area contributed by atoms with Crippen molar-refractivity contribution in [2.75, 3.05) is 40.9 Å². The van der Waals surface area contributed by atoms with Gasteiger partial charge in [-0.15, -0.1) is 0 Å². The molecule has 0 aliphatic rings. The molecule has 324 valence electrons. The fourth-order valence-electron chi connectivity index (χ4n) is 6.39. The van der Waals surface area contributed by atoms with Crippen LogP contribution in [0.3, 0.4) is 0 Å². The van der Waals surface area contributed by atoms with Gasteiger partial charge < -0.3 is 19.8 Å². The summed E-state index contributed by atoms with van der Waals surface area (Å²) in [5, 5.41) is 13.8. The Labute approximate surface area is 340 Å². The molecule has 0 aromatic rings. The van der Waals surface area contributed by atoms with Gasteiger partial charge >= 0.3 is 7.82 Å². The molecular weight excluding hydrogens is 707 g/mol. The number of rotatable bonds is 41. The maximum atomic E-state index is 12.9. The molecule has 55 heavy (non-hydrogen) atoms. The molecule has 0 aromatic carbocycles. The van der Waals surface area contributed by atoms with Crippen LogP contribution in [0.1, 0.15) is 200 Å². The van der Waals surface area contributed by atoms with Crippen LogP contribution in [-0.4, -0.2) is 73.4 Å². The maximum Gasteiger partial charge on any atom is 0.472 e. The molecule has 0 rings (SSSR count). The van der Waals surface area contributed by atoms with Crippen molar-refractivity contribution in [2.45, 2.75) is 212 Å². The summed E-state index contributed by atoms with van der Waals surface area (Å²) in [4.78, 5) is 23.1. The predicted molar refractivity (Wildman–Crippen MR) is 235 cm³/mol. The molecule has 3 N–H and O–H groups in total. The zero-order valence-electron chi connectivity index (χ0n) is 36.7. The lowest BCUT2D eigenvalue weighted by Crippen LogP contribution is -2.45. The predicted octanol–water partition coefficient (Wildman–Crippen LogP) is 12.7. The van der Waals surface area contributed by atoms with Gasteiger partial charge in [-0.2, -0.15) is 0 Å². The van der Waals surface area contributed by atoms with Crippen molar-refractivity contribution in [2.24, 2.45) is 0 Å². The summed E-state index contributed by atoms with van der Waals surface area (Å²) in [6.07, 6.45) is 46.4. The monoisotopic (exact) mass is 798 g/mol. The Kier molecular flexibility index (Phi) is 37.4. The second-order valence-electron chi connectivity index (χ2n) is 16.8. The van der Waals surface area contributed by atoms with Gasteiger partial charge in [0.2, 0.25) is 5.91 Å². The lowest BCUT2D eigenvalue weighted by Gasteiger charge is -2.25. The van der Waals surface area contributed by atoms with Gasteiger partial charge in [0, 0.05) is 6.42 Å². The Hall–Kier alpha value is -1.28. The number of quaternary nitrogens is 1. The van der Waals surface area contributed by atoms with Crippen LogP contribution in [0.5, 0.6) is 0 Å². The summed E-state index contributed by atoms with van der Waals surface area (Å²) in [6, 6.07) is -0.852. The number of phosphoric ester groups is 1. The molecule has 0 spiro atoms. The number of aliphatic hydroxyl groups is 1. The third-order valence-electron chi connectivity index (χ3n) is 10.1. The molecule has 0 aromatic heterocycles. The number of allylic oxidation sites excluding steroid dienone is 5. The number of amides is 1.